The van der Waals surface area contributed by atoms with E-state index in [1.54, 1.807) is 7.11 Å². The van der Waals surface area contributed by atoms with Gasteiger partial charge in [0.25, 0.3) is 0 Å². The van der Waals surface area contributed by atoms with E-state index < -0.39 is 0 Å². The molecule has 0 radical (unpaired) electrons. The number of nitrogens with one attached hydrogen (secondary N) is 2. The van der Waals surface area contributed by atoms with Crippen molar-refractivity contribution in [2.45, 2.75) is 53.0 Å². The molecular formula is C21H31N3O2. The number of aromatic nitrogens is 1. The zero-order chi connectivity index (χ0) is 19.3. The Labute approximate surface area is 156 Å². The van der Waals surface area contributed by atoms with E-state index in [1.807, 2.05) is 38.2 Å². The van der Waals surface area contributed by atoms with Crippen LogP contribution in [-0.2, 0) is 4.79 Å². The van der Waals surface area contributed by atoms with E-state index in [0.717, 1.165) is 41.7 Å². The molecule has 0 unspecified atom stereocenters. The Balaban J connectivity index is 2.02. The molecule has 1 amide bonds. The summed E-state index contributed by atoms with van der Waals surface area (Å²) < 4.78 is 5.43. The van der Waals surface area contributed by atoms with Gasteiger partial charge in [-0.3, -0.25) is 9.78 Å². The number of pyridine rings is 1. The van der Waals surface area contributed by atoms with E-state index in [2.05, 4.69) is 36.4 Å². The molecule has 5 nitrogen and oxygen atoms in total. The van der Waals surface area contributed by atoms with E-state index >= 15 is 0 Å². The molecule has 0 fully saturated rings. The van der Waals surface area contributed by atoms with E-state index in [-0.39, 0.29) is 17.4 Å². The highest BCUT2D eigenvalue weighted by molar-refractivity contribution is 5.93. The molecule has 0 saturated heterocycles. The Morgan fingerprint density at radius 3 is 2.69 bits per heavy atom. The Bertz CT molecular complexity index is 769. The first-order valence-corrected chi connectivity index (χ1v) is 9.23. The quantitative estimate of drug-likeness (QED) is 0.692. The molecule has 0 bridgehead atoms. The molecule has 1 heterocycles. The molecule has 0 atom stereocenters. The third kappa shape index (κ3) is 5.10. The van der Waals surface area contributed by atoms with Crippen LogP contribution < -0.4 is 15.4 Å². The lowest BCUT2D eigenvalue weighted by Crippen LogP contribution is -2.45. The molecule has 2 aromatic rings. The first-order valence-electron chi connectivity index (χ1n) is 9.23. The zero-order valence-electron chi connectivity index (χ0n) is 16.8. The fourth-order valence-corrected chi connectivity index (χ4v) is 2.91. The highest BCUT2D eigenvalue weighted by atomic mass is 16.5. The maximum absolute atomic E-state index is 11.9. The van der Waals surface area contributed by atoms with Crippen molar-refractivity contribution >= 4 is 22.5 Å². The number of carbonyl (C=O) groups is 1. The smallest absolute Gasteiger partial charge is 0.222 e. The van der Waals surface area contributed by atoms with Gasteiger partial charge >= 0.3 is 0 Å². The highest BCUT2D eigenvalue weighted by Crippen LogP contribution is 2.29. The summed E-state index contributed by atoms with van der Waals surface area (Å²) in [5.41, 5.74) is 2.90. The number of ether oxygens (including phenoxy) is 1. The largest absolute Gasteiger partial charge is 0.497 e. The van der Waals surface area contributed by atoms with Gasteiger partial charge in [-0.1, -0.05) is 13.8 Å². The van der Waals surface area contributed by atoms with Gasteiger partial charge in [0.1, 0.15) is 5.75 Å². The van der Waals surface area contributed by atoms with Crippen LogP contribution in [0.4, 0.5) is 5.69 Å². The Morgan fingerprint density at radius 1 is 1.31 bits per heavy atom. The summed E-state index contributed by atoms with van der Waals surface area (Å²) in [5, 5.41) is 7.69. The van der Waals surface area contributed by atoms with Gasteiger partial charge in [0, 0.05) is 35.7 Å². The summed E-state index contributed by atoms with van der Waals surface area (Å²) in [6, 6.07) is 6.01. The standard InChI is InChI=1S/C21H31N3O2/c1-14(2)20(25)24-21(4,5)9-7-10-22-18-13-16(26-6)12-17-15(3)8-11-23-19(17)18/h8,11-14,22H,7,9-10H2,1-6H3,(H,24,25). The summed E-state index contributed by atoms with van der Waals surface area (Å²) in [7, 11) is 1.68. The number of hydrogen-bond acceptors (Lipinski definition) is 4. The maximum atomic E-state index is 11.9. The molecule has 0 aliphatic rings. The highest BCUT2D eigenvalue weighted by Gasteiger charge is 2.21. The van der Waals surface area contributed by atoms with Crippen LogP contribution in [0.15, 0.2) is 24.4 Å². The first-order chi connectivity index (χ1) is 12.2. The molecule has 0 saturated carbocycles. The van der Waals surface area contributed by atoms with Crippen LogP contribution in [0.25, 0.3) is 10.9 Å². The van der Waals surface area contributed by atoms with Crippen LogP contribution in [0.2, 0.25) is 0 Å². The number of fused-ring (bicyclic) bond motifs is 1. The third-order valence-corrected chi connectivity index (χ3v) is 4.55. The predicted molar refractivity (Wildman–Crippen MR) is 108 cm³/mol. The van der Waals surface area contributed by atoms with Crippen LogP contribution in [0.3, 0.4) is 0 Å². The minimum atomic E-state index is -0.214. The zero-order valence-corrected chi connectivity index (χ0v) is 16.8. The molecule has 142 valence electrons. The Kier molecular flexibility index (Phi) is 6.46. The first kappa shape index (κ1) is 20.0. The number of hydrogen-bond donors (Lipinski definition) is 2. The van der Waals surface area contributed by atoms with Crippen LogP contribution in [0, 0.1) is 12.8 Å². The number of amides is 1. The fraction of sp³-hybridized carbons (Fsp3) is 0.524. The summed E-state index contributed by atoms with van der Waals surface area (Å²) in [6.07, 6.45) is 3.67. The number of rotatable bonds is 8. The average molecular weight is 357 g/mol. The normalized spacial score (nSPS) is 11.7. The maximum Gasteiger partial charge on any atom is 0.222 e. The third-order valence-electron chi connectivity index (χ3n) is 4.55. The van der Waals surface area contributed by atoms with Crippen LogP contribution in [-0.4, -0.2) is 30.1 Å². The number of carbonyl (C=O) groups excluding carboxylic acids is 1. The van der Waals surface area contributed by atoms with Crippen molar-refractivity contribution < 1.29 is 9.53 Å². The molecule has 2 N–H and O–H groups in total. The van der Waals surface area contributed by atoms with Gasteiger partial charge in [-0.05, 0) is 51.3 Å². The van der Waals surface area contributed by atoms with E-state index in [4.69, 9.17) is 4.74 Å². The van der Waals surface area contributed by atoms with Crippen LogP contribution >= 0.6 is 0 Å². The Hall–Kier alpha value is -2.30. The Morgan fingerprint density at radius 2 is 2.04 bits per heavy atom. The number of benzene rings is 1. The van der Waals surface area contributed by atoms with Crippen LogP contribution in [0.1, 0.15) is 46.1 Å². The molecule has 1 aromatic heterocycles. The monoisotopic (exact) mass is 357 g/mol. The number of anilines is 1. The predicted octanol–water partition coefficient (Wildman–Crippen LogP) is 4.29. The molecule has 2 rings (SSSR count). The number of aryl methyl sites for hydroxylation is 1. The summed E-state index contributed by atoms with van der Waals surface area (Å²) in [5.74, 6) is 0.923. The molecule has 0 aliphatic carbocycles. The molecule has 0 spiro atoms. The topological polar surface area (TPSA) is 63.2 Å². The lowest BCUT2D eigenvalue weighted by atomic mass is 9.97. The van der Waals surface area contributed by atoms with Gasteiger partial charge < -0.3 is 15.4 Å². The van der Waals surface area contributed by atoms with Crippen molar-refractivity contribution in [3.63, 3.8) is 0 Å². The second kappa shape index (κ2) is 8.39. The fourth-order valence-electron chi connectivity index (χ4n) is 2.91. The molecule has 5 heteroatoms. The lowest BCUT2D eigenvalue weighted by Gasteiger charge is -2.27. The second-order valence-corrected chi connectivity index (χ2v) is 7.76. The average Bonchev–Trinajstić information content (AvgIpc) is 2.58. The van der Waals surface area contributed by atoms with Crippen molar-refractivity contribution in [1.82, 2.24) is 10.3 Å². The summed E-state index contributed by atoms with van der Waals surface area (Å²) >= 11 is 0. The van der Waals surface area contributed by atoms with Gasteiger partial charge in [-0.15, -0.1) is 0 Å². The molecule has 26 heavy (non-hydrogen) atoms. The van der Waals surface area contributed by atoms with Gasteiger partial charge in [0.15, 0.2) is 0 Å². The van der Waals surface area contributed by atoms with E-state index in [0.29, 0.717) is 0 Å². The van der Waals surface area contributed by atoms with E-state index in [1.165, 1.54) is 5.56 Å². The van der Waals surface area contributed by atoms with Gasteiger partial charge in [-0.25, -0.2) is 0 Å². The van der Waals surface area contributed by atoms with Gasteiger partial charge in [-0.2, -0.15) is 0 Å². The van der Waals surface area contributed by atoms with E-state index in [9.17, 15) is 4.79 Å². The lowest BCUT2D eigenvalue weighted by molar-refractivity contribution is -0.125. The molecule has 1 aromatic carbocycles. The second-order valence-electron chi connectivity index (χ2n) is 7.76. The minimum absolute atomic E-state index is 0.00450. The van der Waals surface area contributed by atoms with Crippen molar-refractivity contribution in [3.05, 3.63) is 30.0 Å². The molecule has 0 aliphatic heterocycles. The van der Waals surface area contributed by atoms with Crippen molar-refractivity contribution in [3.8, 4) is 5.75 Å². The number of methoxy groups -OCH3 is 1. The minimum Gasteiger partial charge on any atom is -0.497 e. The molecular weight excluding hydrogens is 326 g/mol. The van der Waals surface area contributed by atoms with Gasteiger partial charge in [0.05, 0.1) is 18.3 Å². The van der Waals surface area contributed by atoms with Crippen molar-refractivity contribution in [2.24, 2.45) is 5.92 Å². The summed E-state index contributed by atoms with van der Waals surface area (Å²) in [4.78, 5) is 16.4. The van der Waals surface area contributed by atoms with Gasteiger partial charge in [0.2, 0.25) is 5.91 Å². The number of nitrogens with zero attached hydrogens (tertiary/aromatic N) is 1. The summed E-state index contributed by atoms with van der Waals surface area (Å²) in [6.45, 7) is 10.8. The van der Waals surface area contributed by atoms with Crippen molar-refractivity contribution in [2.75, 3.05) is 19.0 Å². The van der Waals surface area contributed by atoms with Crippen molar-refractivity contribution in [1.29, 1.82) is 0 Å². The SMILES string of the molecule is COc1cc(NCCCC(C)(C)NC(=O)C(C)C)c2nccc(C)c2c1. The van der Waals surface area contributed by atoms with Crippen LogP contribution in [0.5, 0.6) is 5.75 Å².